The molecule has 1 aliphatic carbocycles. The molecule has 1 aromatic carbocycles. The van der Waals surface area contributed by atoms with Crippen LogP contribution in [0.15, 0.2) is 30.6 Å². The van der Waals surface area contributed by atoms with Crippen LogP contribution in [0.1, 0.15) is 94.5 Å². The molecule has 2 saturated heterocycles. The summed E-state index contributed by atoms with van der Waals surface area (Å²) in [6.45, 7) is 20.8. The number of hydrogen-bond donors (Lipinski definition) is 2. The number of nitrogen functional groups attached to an aromatic ring is 1. The first-order valence-corrected chi connectivity index (χ1v) is 20.0. The normalized spacial score (nSPS) is 26.4. The summed E-state index contributed by atoms with van der Waals surface area (Å²) in [4.78, 5) is 41.5. The molecule has 0 bridgehead atoms. The standard InChI is InChI=1S/C41H55ClN10O3/c1-24-20-51(21-25(2)31(24)22-49-13-10-29(11-14-49)52-34-12-15-50(26(3)53)23-32(34)35(44)48-52)39-45-18-28(19-46-39)36(54)47-37-40(4,5)38(41(37,6)7)55-30-9-8-27(17-43)33(42)16-30/h8-9,16,18-19,24-25,29,31,37-38H,10-15,20-23H2,1-7H3,(H2,44,48)(H,47,54). The fourth-order valence-corrected chi connectivity index (χ4v) is 10.4. The number of nitrogens with zero attached hydrogens (tertiary/aromatic N) is 8. The van der Waals surface area contributed by atoms with Gasteiger partial charge < -0.3 is 30.5 Å². The minimum absolute atomic E-state index is 0.0829. The van der Waals surface area contributed by atoms with Gasteiger partial charge in [0.2, 0.25) is 11.9 Å². The fourth-order valence-electron chi connectivity index (χ4n) is 10.2. The molecule has 294 valence electrons. The maximum absolute atomic E-state index is 13.5. The van der Waals surface area contributed by atoms with Crippen LogP contribution >= 0.6 is 11.6 Å². The number of amides is 2. The minimum Gasteiger partial charge on any atom is -0.489 e. The summed E-state index contributed by atoms with van der Waals surface area (Å²) in [5, 5.41) is 17.6. The molecule has 13 nitrogen and oxygen atoms in total. The van der Waals surface area contributed by atoms with E-state index in [1.54, 1.807) is 37.5 Å². The number of ether oxygens (including phenoxy) is 1. The van der Waals surface area contributed by atoms with Crippen molar-refractivity contribution in [2.75, 3.05) is 49.9 Å². The number of hydrogen-bond acceptors (Lipinski definition) is 10. The van der Waals surface area contributed by atoms with E-state index in [-0.39, 0.29) is 34.8 Å². The second-order valence-corrected chi connectivity index (χ2v) is 18.0. The van der Waals surface area contributed by atoms with Crippen LogP contribution in [-0.4, -0.2) is 92.8 Å². The quantitative estimate of drug-likeness (QED) is 0.306. The Kier molecular flexibility index (Phi) is 10.5. The molecule has 14 heteroatoms. The van der Waals surface area contributed by atoms with Crippen molar-refractivity contribution in [2.24, 2.45) is 28.6 Å². The molecule has 2 amide bonds. The smallest absolute Gasteiger partial charge is 0.254 e. The third-order valence-corrected chi connectivity index (χ3v) is 13.3. The molecule has 2 atom stereocenters. The highest BCUT2D eigenvalue weighted by atomic mass is 35.5. The number of carbonyl (C=O) groups is 2. The number of piperidine rings is 2. The summed E-state index contributed by atoms with van der Waals surface area (Å²) in [5.74, 6) is 3.15. The molecule has 3 aromatic rings. The van der Waals surface area contributed by atoms with E-state index < -0.39 is 0 Å². The molecule has 7 rings (SSSR count). The zero-order valence-corrected chi connectivity index (χ0v) is 33.9. The molecule has 4 aliphatic rings. The largest absolute Gasteiger partial charge is 0.489 e. The summed E-state index contributed by atoms with van der Waals surface area (Å²) in [7, 11) is 0. The van der Waals surface area contributed by atoms with Crippen LogP contribution in [0, 0.1) is 39.9 Å². The van der Waals surface area contributed by atoms with E-state index in [0.29, 0.717) is 64.0 Å². The Labute approximate surface area is 329 Å². The van der Waals surface area contributed by atoms with Gasteiger partial charge in [0.25, 0.3) is 5.91 Å². The second kappa shape index (κ2) is 14.9. The highest BCUT2D eigenvalue weighted by molar-refractivity contribution is 6.31. The Balaban J connectivity index is 0.905. The summed E-state index contributed by atoms with van der Waals surface area (Å²) in [5.41, 5.74) is 8.65. The van der Waals surface area contributed by atoms with Crippen molar-refractivity contribution in [2.45, 2.75) is 92.5 Å². The molecule has 3 aliphatic heterocycles. The molecule has 1 saturated carbocycles. The summed E-state index contributed by atoms with van der Waals surface area (Å²) in [6.07, 6.45) is 5.96. The molecular formula is C41H55ClN10O3. The number of nitrogens with two attached hydrogens (primary N) is 1. The van der Waals surface area contributed by atoms with Gasteiger partial charge in [-0.3, -0.25) is 14.3 Å². The first-order valence-electron chi connectivity index (χ1n) is 19.7. The predicted octanol–water partition coefficient (Wildman–Crippen LogP) is 5.34. The number of nitriles is 1. The van der Waals surface area contributed by atoms with Gasteiger partial charge in [-0.25, -0.2) is 9.97 Å². The van der Waals surface area contributed by atoms with Crippen LogP contribution in [0.3, 0.4) is 0 Å². The van der Waals surface area contributed by atoms with Crippen LogP contribution < -0.4 is 20.7 Å². The average Bonchev–Trinajstić information content (AvgIpc) is 3.49. The van der Waals surface area contributed by atoms with Gasteiger partial charge in [-0.1, -0.05) is 53.1 Å². The van der Waals surface area contributed by atoms with Crippen LogP contribution in [0.25, 0.3) is 0 Å². The molecule has 0 radical (unpaired) electrons. The van der Waals surface area contributed by atoms with Crippen LogP contribution in [0.4, 0.5) is 11.8 Å². The number of fused-ring (bicyclic) bond motifs is 1. The van der Waals surface area contributed by atoms with Gasteiger partial charge >= 0.3 is 0 Å². The van der Waals surface area contributed by atoms with Gasteiger partial charge in [0.05, 0.1) is 28.7 Å². The van der Waals surface area contributed by atoms with Crippen molar-refractivity contribution in [1.82, 2.24) is 34.9 Å². The van der Waals surface area contributed by atoms with E-state index in [1.807, 2.05) is 4.90 Å². The molecule has 3 N–H and O–H groups in total. The summed E-state index contributed by atoms with van der Waals surface area (Å²) >= 11 is 6.26. The lowest BCUT2D eigenvalue weighted by Gasteiger charge is -2.63. The number of benzene rings is 1. The molecule has 55 heavy (non-hydrogen) atoms. The number of carbonyl (C=O) groups excluding carboxylic acids is 2. The fraction of sp³-hybridized carbons (Fsp3) is 0.610. The molecule has 3 fully saturated rings. The van der Waals surface area contributed by atoms with Crippen LogP contribution in [0.2, 0.25) is 5.02 Å². The molecule has 2 unspecified atom stereocenters. The second-order valence-electron chi connectivity index (χ2n) is 17.6. The zero-order valence-electron chi connectivity index (χ0n) is 33.2. The Bertz CT molecular complexity index is 1940. The van der Waals surface area contributed by atoms with Crippen molar-refractivity contribution < 1.29 is 14.3 Å². The van der Waals surface area contributed by atoms with Crippen molar-refractivity contribution in [3.8, 4) is 11.8 Å². The lowest BCUT2D eigenvalue weighted by Crippen LogP contribution is -2.74. The Hall–Kier alpha value is -4.41. The van der Waals surface area contributed by atoms with E-state index in [1.165, 1.54) is 5.69 Å². The predicted molar refractivity (Wildman–Crippen MR) is 212 cm³/mol. The van der Waals surface area contributed by atoms with E-state index in [0.717, 1.165) is 64.1 Å². The van der Waals surface area contributed by atoms with Crippen molar-refractivity contribution in [3.63, 3.8) is 0 Å². The monoisotopic (exact) mass is 770 g/mol. The molecular weight excluding hydrogens is 716 g/mol. The third kappa shape index (κ3) is 7.35. The maximum atomic E-state index is 13.5. The van der Waals surface area contributed by atoms with Gasteiger partial charge in [-0.2, -0.15) is 10.4 Å². The molecule has 5 heterocycles. The Morgan fingerprint density at radius 3 is 2.31 bits per heavy atom. The van der Waals surface area contributed by atoms with E-state index >= 15 is 0 Å². The highest BCUT2D eigenvalue weighted by Gasteiger charge is 2.64. The van der Waals surface area contributed by atoms with Crippen molar-refractivity contribution >= 4 is 35.2 Å². The number of likely N-dealkylation sites (tertiary alicyclic amines) is 1. The third-order valence-electron chi connectivity index (χ3n) is 13.0. The number of halogens is 1. The first-order chi connectivity index (χ1) is 26.1. The van der Waals surface area contributed by atoms with Crippen molar-refractivity contribution in [1.29, 1.82) is 5.26 Å². The molecule has 0 spiro atoms. The maximum Gasteiger partial charge on any atom is 0.254 e. The number of rotatable bonds is 8. The molecule has 2 aromatic heterocycles. The summed E-state index contributed by atoms with van der Waals surface area (Å²) in [6, 6.07) is 7.34. The topological polar surface area (TPSA) is 159 Å². The van der Waals surface area contributed by atoms with Gasteiger partial charge in [-0.15, -0.1) is 0 Å². The van der Waals surface area contributed by atoms with Gasteiger partial charge in [0, 0.05) is 99.2 Å². The van der Waals surface area contributed by atoms with E-state index in [2.05, 4.69) is 77.4 Å². The van der Waals surface area contributed by atoms with Crippen LogP contribution in [0.5, 0.6) is 5.75 Å². The number of aromatic nitrogens is 4. The summed E-state index contributed by atoms with van der Waals surface area (Å²) < 4.78 is 8.56. The van der Waals surface area contributed by atoms with Gasteiger partial charge in [0.15, 0.2) is 5.82 Å². The van der Waals surface area contributed by atoms with Gasteiger partial charge in [-0.05, 0) is 42.7 Å². The van der Waals surface area contributed by atoms with Gasteiger partial charge in [0.1, 0.15) is 17.9 Å². The first kappa shape index (κ1) is 38.8. The zero-order chi connectivity index (χ0) is 39.4. The minimum atomic E-state index is -0.374. The Morgan fingerprint density at radius 2 is 1.71 bits per heavy atom. The van der Waals surface area contributed by atoms with E-state index in [9.17, 15) is 14.9 Å². The lowest BCUT2D eigenvalue weighted by molar-refractivity contribution is -0.164. The van der Waals surface area contributed by atoms with E-state index in [4.69, 9.17) is 27.2 Å². The lowest BCUT2D eigenvalue weighted by atomic mass is 9.49. The average molecular weight is 771 g/mol. The SMILES string of the molecule is CC(=O)N1CCc2c(c(N)nn2C2CCN(CC3C(C)CN(c4ncc(C(=O)NC5C(C)(C)C(Oc6ccc(C#N)c(Cl)c6)C5(C)C)cn4)CC3C)CC2)C1. The Morgan fingerprint density at radius 1 is 1.05 bits per heavy atom. The number of nitrogens with one attached hydrogen (secondary N) is 1. The highest BCUT2D eigenvalue weighted by Crippen LogP contribution is 2.55. The van der Waals surface area contributed by atoms with Crippen LogP contribution in [-0.2, 0) is 17.8 Å². The van der Waals surface area contributed by atoms with Crippen molar-refractivity contribution in [3.05, 3.63) is 58.0 Å². The number of anilines is 2.